The highest BCUT2D eigenvalue weighted by atomic mass is 16.6. The fourth-order valence-corrected chi connectivity index (χ4v) is 3.22. The van der Waals surface area contributed by atoms with Crippen LogP contribution in [0.1, 0.15) is 26.2 Å². The van der Waals surface area contributed by atoms with E-state index in [0.717, 1.165) is 25.8 Å². The van der Waals surface area contributed by atoms with Crippen molar-refractivity contribution in [2.24, 2.45) is 0 Å². The zero-order chi connectivity index (χ0) is 17.3. The summed E-state index contributed by atoms with van der Waals surface area (Å²) in [4.78, 5) is 38.1. The number of nitro benzene ring substituents is 1. The van der Waals surface area contributed by atoms with Gasteiger partial charge in [0.25, 0.3) is 5.69 Å². The predicted molar refractivity (Wildman–Crippen MR) is 86.0 cm³/mol. The van der Waals surface area contributed by atoms with Gasteiger partial charge in [-0.1, -0.05) is 0 Å². The molecule has 1 amide bonds. The Labute approximate surface area is 139 Å². The average molecular weight is 333 g/mol. The summed E-state index contributed by atoms with van der Waals surface area (Å²) in [7, 11) is 0. The Morgan fingerprint density at radius 1 is 1.42 bits per heavy atom. The van der Waals surface area contributed by atoms with Crippen LogP contribution in [0.2, 0.25) is 0 Å². The first-order valence-corrected chi connectivity index (χ1v) is 7.99. The van der Waals surface area contributed by atoms with Crippen molar-refractivity contribution in [3.63, 3.8) is 0 Å². The number of piperidine rings is 1. The smallest absolute Gasteiger partial charge is 0.331 e. The van der Waals surface area contributed by atoms with Gasteiger partial charge < -0.3 is 14.5 Å². The SMILES string of the molecule is CC1CCCCN1C(=O)CN1CC(=O)Oc2cc([N+](=O)[O-])ccc21. The lowest BCUT2D eigenvalue weighted by atomic mass is 10.0. The van der Waals surface area contributed by atoms with Crippen LogP contribution < -0.4 is 9.64 Å². The van der Waals surface area contributed by atoms with Crippen molar-refractivity contribution >= 4 is 23.3 Å². The molecule has 2 aliphatic rings. The Kier molecular flexibility index (Phi) is 4.37. The van der Waals surface area contributed by atoms with Crippen molar-refractivity contribution < 1.29 is 19.2 Å². The maximum absolute atomic E-state index is 12.6. The van der Waals surface area contributed by atoms with E-state index in [1.807, 2.05) is 11.8 Å². The molecular formula is C16H19N3O5. The van der Waals surface area contributed by atoms with Crippen molar-refractivity contribution in [2.75, 3.05) is 24.5 Å². The summed E-state index contributed by atoms with van der Waals surface area (Å²) >= 11 is 0. The Bertz CT molecular complexity index is 690. The molecule has 8 nitrogen and oxygen atoms in total. The fourth-order valence-electron chi connectivity index (χ4n) is 3.22. The monoisotopic (exact) mass is 333 g/mol. The zero-order valence-corrected chi connectivity index (χ0v) is 13.4. The largest absolute Gasteiger partial charge is 0.423 e. The molecule has 3 rings (SSSR count). The lowest BCUT2D eigenvalue weighted by Gasteiger charge is -2.36. The van der Waals surface area contributed by atoms with Crippen LogP contribution in [0.5, 0.6) is 5.75 Å². The number of likely N-dealkylation sites (tertiary alicyclic amines) is 1. The highest BCUT2D eigenvalue weighted by Gasteiger charge is 2.30. The van der Waals surface area contributed by atoms with Crippen LogP contribution in [0.25, 0.3) is 0 Å². The first-order chi connectivity index (χ1) is 11.5. The number of benzene rings is 1. The molecule has 128 valence electrons. The van der Waals surface area contributed by atoms with Gasteiger partial charge in [0.05, 0.1) is 23.2 Å². The van der Waals surface area contributed by atoms with Gasteiger partial charge in [0.2, 0.25) is 5.91 Å². The Morgan fingerprint density at radius 3 is 2.92 bits per heavy atom. The van der Waals surface area contributed by atoms with Crippen LogP contribution in [0, 0.1) is 10.1 Å². The van der Waals surface area contributed by atoms with E-state index < -0.39 is 10.9 Å². The van der Waals surface area contributed by atoms with Crippen LogP contribution in [0.15, 0.2) is 18.2 Å². The summed E-state index contributed by atoms with van der Waals surface area (Å²) in [5.74, 6) is -0.441. The molecule has 0 spiro atoms. The number of hydrogen-bond acceptors (Lipinski definition) is 6. The Balaban J connectivity index is 1.80. The number of carbonyl (C=O) groups is 2. The first-order valence-electron chi connectivity index (χ1n) is 7.99. The molecule has 1 unspecified atom stereocenters. The van der Waals surface area contributed by atoms with Gasteiger partial charge in [-0.05, 0) is 32.3 Å². The lowest BCUT2D eigenvalue weighted by Crippen LogP contribution is -2.49. The van der Waals surface area contributed by atoms with E-state index in [4.69, 9.17) is 4.74 Å². The molecule has 0 aliphatic carbocycles. The van der Waals surface area contributed by atoms with E-state index in [1.165, 1.54) is 18.2 Å². The molecule has 2 aliphatic heterocycles. The molecule has 0 N–H and O–H groups in total. The summed E-state index contributed by atoms with van der Waals surface area (Å²) < 4.78 is 5.09. The number of nitrogens with zero attached hydrogens (tertiary/aromatic N) is 3. The van der Waals surface area contributed by atoms with Gasteiger partial charge in [-0.2, -0.15) is 0 Å². The second kappa shape index (κ2) is 6.46. The molecule has 8 heteroatoms. The predicted octanol–water partition coefficient (Wildman–Crippen LogP) is 1.72. The number of carbonyl (C=O) groups excluding carboxylic acids is 2. The van der Waals surface area contributed by atoms with Crippen molar-refractivity contribution in [3.05, 3.63) is 28.3 Å². The Hall–Kier alpha value is -2.64. The number of hydrogen-bond donors (Lipinski definition) is 0. The third kappa shape index (κ3) is 3.17. The zero-order valence-electron chi connectivity index (χ0n) is 13.4. The number of fused-ring (bicyclic) bond motifs is 1. The fraction of sp³-hybridized carbons (Fsp3) is 0.500. The molecule has 2 heterocycles. The maximum atomic E-state index is 12.6. The van der Waals surface area contributed by atoms with E-state index in [1.54, 1.807) is 4.90 Å². The van der Waals surface area contributed by atoms with Gasteiger partial charge in [0, 0.05) is 18.7 Å². The molecular weight excluding hydrogens is 314 g/mol. The molecule has 1 aromatic carbocycles. The van der Waals surface area contributed by atoms with E-state index >= 15 is 0 Å². The van der Waals surface area contributed by atoms with E-state index in [0.29, 0.717) is 5.69 Å². The van der Waals surface area contributed by atoms with Crippen molar-refractivity contribution in [2.45, 2.75) is 32.2 Å². The summed E-state index contributed by atoms with van der Waals surface area (Å²) in [6, 6.07) is 4.28. The molecule has 1 fully saturated rings. The minimum atomic E-state index is -0.548. The van der Waals surface area contributed by atoms with Gasteiger partial charge >= 0.3 is 5.97 Å². The van der Waals surface area contributed by atoms with Crippen LogP contribution in [0.4, 0.5) is 11.4 Å². The van der Waals surface area contributed by atoms with Gasteiger partial charge in [-0.15, -0.1) is 0 Å². The average Bonchev–Trinajstić information content (AvgIpc) is 2.54. The van der Waals surface area contributed by atoms with Crippen LogP contribution in [-0.4, -0.2) is 47.4 Å². The second-order valence-corrected chi connectivity index (χ2v) is 6.17. The highest BCUT2D eigenvalue weighted by Crippen LogP contribution is 2.35. The van der Waals surface area contributed by atoms with E-state index in [-0.39, 0.29) is 36.5 Å². The Morgan fingerprint density at radius 2 is 2.21 bits per heavy atom. The van der Waals surface area contributed by atoms with Crippen molar-refractivity contribution in [3.8, 4) is 5.75 Å². The molecule has 0 radical (unpaired) electrons. The summed E-state index contributed by atoms with van der Waals surface area (Å²) in [5.41, 5.74) is 0.373. The van der Waals surface area contributed by atoms with Crippen molar-refractivity contribution in [1.82, 2.24) is 4.90 Å². The third-order valence-corrected chi connectivity index (χ3v) is 4.49. The van der Waals surface area contributed by atoms with Crippen LogP contribution >= 0.6 is 0 Å². The number of esters is 1. The van der Waals surface area contributed by atoms with Crippen LogP contribution in [-0.2, 0) is 9.59 Å². The molecule has 1 saturated heterocycles. The number of non-ortho nitro benzene ring substituents is 1. The van der Waals surface area contributed by atoms with Gasteiger partial charge in [-0.3, -0.25) is 14.9 Å². The number of ether oxygens (including phenoxy) is 1. The molecule has 1 aromatic rings. The third-order valence-electron chi connectivity index (χ3n) is 4.49. The number of anilines is 1. The van der Waals surface area contributed by atoms with Gasteiger partial charge in [0.1, 0.15) is 6.54 Å². The van der Waals surface area contributed by atoms with Gasteiger partial charge in [0.15, 0.2) is 5.75 Å². The minimum Gasteiger partial charge on any atom is -0.423 e. The molecule has 1 atom stereocenters. The number of rotatable bonds is 3. The molecule has 0 bridgehead atoms. The number of amides is 1. The van der Waals surface area contributed by atoms with Gasteiger partial charge in [-0.25, -0.2) is 4.79 Å². The van der Waals surface area contributed by atoms with Crippen LogP contribution in [0.3, 0.4) is 0 Å². The van der Waals surface area contributed by atoms with E-state index in [9.17, 15) is 19.7 Å². The van der Waals surface area contributed by atoms with Crippen molar-refractivity contribution in [1.29, 1.82) is 0 Å². The van der Waals surface area contributed by atoms with E-state index in [2.05, 4.69) is 0 Å². The summed E-state index contributed by atoms with van der Waals surface area (Å²) in [6.45, 7) is 2.77. The molecule has 0 aromatic heterocycles. The quantitative estimate of drug-likeness (QED) is 0.362. The minimum absolute atomic E-state index is 0.0406. The lowest BCUT2D eigenvalue weighted by molar-refractivity contribution is -0.384. The normalized spacial score (nSPS) is 20.4. The highest BCUT2D eigenvalue weighted by molar-refractivity contribution is 5.89. The second-order valence-electron chi connectivity index (χ2n) is 6.17. The topological polar surface area (TPSA) is 93.0 Å². The first kappa shape index (κ1) is 16.2. The standard InChI is InChI=1S/C16H19N3O5/c1-11-4-2-3-7-18(11)15(20)9-17-10-16(21)24-14-8-12(19(22)23)5-6-13(14)17/h5-6,8,11H,2-4,7,9-10H2,1H3. The summed E-state index contributed by atoms with van der Waals surface area (Å²) in [6.07, 6.45) is 3.09. The summed E-state index contributed by atoms with van der Waals surface area (Å²) in [5, 5.41) is 10.9. The maximum Gasteiger partial charge on any atom is 0.331 e. The molecule has 0 saturated carbocycles. The molecule has 24 heavy (non-hydrogen) atoms. The number of nitro groups is 1.